The van der Waals surface area contributed by atoms with Crippen LogP contribution in [0.4, 0.5) is 14.9 Å². The molecule has 0 unspecified atom stereocenters. The topological polar surface area (TPSA) is 41.1 Å². The SMILES string of the molecule is C[C@@H](NC(=O)Nc1cccc2ccccc12)c1ccc(F)cc1. The largest absolute Gasteiger partial charge is 0.331 e. The predicted molar refractivity (Wildman–Crippen MR) is 90.9 cm³/mol. The molecule has 0 aliphatic rings. The third kappa shape index (κ3) is 3.48. The van der Waals surface area contributed by atoms with Gasteiger partial charge < -0.3 is 10.6 Å². The Balaban J connectivity index is 1.72. The molecule has 2 N–H and O–H groups in total. The van der Waals surface area contributed by atoms with Gasteiger partial charge in [-0.25, -0.2) is 9.18 Å². The van der Waals surface area contributed by atoms with E-state index < -0.39 is 0 Å². The molecule has 116 valence electrons. The zero-order valence-corrected chi connectivity index (χ0v) is 12.7. The van der Waals surface area contributed by atoms with Crippen LogP contribution in [-0.4, -0.2) is 6.03 Å². The molecule has 0 aliphatic carbocycles. The summed E-state index contributed by atoms with van der Waals surface area (Å²) in [6.45, 7) is 1.86. The average Bonchev–Trinajstić information content (AvgIpc) is 2.55. The minimum Gasteiger partial charge on any atom is -0.331 e. The van der Waals surface area contributed by atoms with E-state index in [1.165, 1.54) is 12.1 Å². The van der Waals surface area contributed by atoms with E-state index in [1.807, 2.05) is 49.4 Å². The Morgan fingerprint density at radius 3 is 2.43 bits per heavy atom. The maximum Gasteiger partial charge on any atom is 0.319 e. The number of fused-ring (bicyclic) bond motifs is 1. The van der Waals surface area contributed by atoms with Gasteiger partial charge in [0.1, 0.15) is 5.82 Å². The van der Waals surface area contributed by atoms with Gasteiger partial charge in [0.15, 0.2) is 0 Å². The van der Waals surface area contributed by atoms with Gasteiger partial charge >= 0.3 is 6.03 Å². The van der Waals surface area contributed by atoms with Crippen molar-refractivity contribution in [2.24, 2.45) is 0 Å². The second-order valence-corrected chi connectivity index (χ2v) is 5.40. The molecule has 23 heavy (non-hydrogen) atoms. The van der Waals surface area contributed by atoms with E-state index in [9.17, 15) is 9.18 Å². The lowest BCUT2D eigenvalue weighted by molar-refractivity contribution is 0.249. The van der Waals surface area contributed by atoms with Gasteiger partial charge in [-0.1, -0.05) is 48.5 Å². The van der Waals surface area contributed by atoms with Gasteiger partial charge in [-0.2, -0.15) is 0 Å². The Bertz CT molecular complexity index is 825. The number of halogens is 1. The number of urea groups is 1. The Labute approximate surface area is 134 Å². The monoisotopic (exact) mass is 308 g/mol. The van der Waals surface area contributed by atoms with Crippen LogP contribution in [-0.2, 0) is 0 Å². The highest BCUT2D eigenvalue weighted by Gasteiger charge is 2.10. The van der Waals surface area contributed by atoms with Crippen LogP contribution in [0.25, 0.3) is 10.8 Å². The van der Waals surface area contributed by atoms with Crippen molar-refractivity contribution in [3.8, 4) is 0 Å². The first-order valence-corrected chi connectivity index (χ1v) is 7.44. The van der Waals surface area contributed by atoms with E-state index in [4.69, 9.17) is 0 Å². The molecule has 0 fully saturated rings. The number of carbonyl (C=O) groups is 1. The minimum absolute atomic E-state index is 0.217. The number of amides is 2. The van der Waals surface area contributed by atoms with Crippen molar-refractivity contribution in [3.63, 3.8) is 0 Å². The minimum atomic E-state index is -0.293. The zero-order chi connectivity index (χ0) is 16.2. The van der Waals surface area contributed by atoms with Gasteiger partial charge in [-0.15, -0.1) is 0 Å². The smallest absolute Gasteiger partial charge is 0.319 e. The van der Waals surface area contributed by atoms with Crippen molar-refractivity contribution in [2.45, 2.75) is 13.0 Å². The average molecular weight is 308 g/mol. The molecular weight excluding hydrogens is 291 g/mol. The zero-order valence-electron chi connectivity index (χ0n) is 12.7. The number of nitrogens with one attached hydrogen (secondary N) is 2. The van der Waals surface area contributed by atoms with Gasteiger partial charge in [0.05, 0.1) is 11.7 Å². The van der Waals surface area contributed by atoms with Gasteiger partial charge in [-0.05, 0) is 36.1 Å². The van der Waals surface area contributed by atoms with Crippen molar-refractivity contribution in [2.75, 3.05) is 5.32 Å². The number of carbonyl (C=O) groups excluding carboxylic acids is 1. The third-order valence-electron chi connectivity index (χ3n) is 3.76. The molecule has 3 aromatic rings. The van der Waals surface area contributed by atoms with Crippen molar-refractivity contribution < 1.29 is 9.18 Å². The number of hydrogen-bond donors (Lipinski definition) is 2. The maximum absolute atomic E-state index is 12.9. The highest BCUT2D eigenvalue weighted by atomic mass is 19.1. The van der Waals surface area contributed by atoms with E-state index in [0.717, 1.165) is 22.0 Å². The predicted octanol–water partition coefficient (Wildman–Crippen LogP) is 4.86. The fraction of sp³-hybridized carbons (Fsp3) is 0.105. The summed E-state index contributed by atoms with van der Waals surface area (Å²) in [6, 6.07) is 19.2. The first kappa shape index (κ1) is 15.0. The Morgan fingerprint density at radius 1 is 0.957 bits per heavy atom. The summed E-state index contributed by atoms with van der Waals surface area (Å²) in [4.78, 5) is 12.2. The van der Waals surface area contributed by atoms with Gasteiger partial charge in [-0.3, -0.25) is 0 Å². The first-order valence-electron chi connectivity index (χ1n) is 7.44. The van der Waals surface area contributed by atoms with E-state index >= 15 is 0 Å². The van der Waals surface area contributed by atoms with Gasteiger partial charge in [0.2, 0.25) is 0 Å². The lowest BCUT2D eigenvalue weighted by Gasteiger charge is -2.16. The number of anilines is 1. The molecule has 0 aromatic heterocycles. The van der Waals surface area contributed by atoms with Crippen LogP contribution in [0.3, 0.4) is 0 Å². The summed E-state index contributed by atoms with van der Waals surface area (Å²) in [7, 11) is 0. The Hall–Kier alpha value is -2.88. The van der Waals surface area contributed by atoms with E-state index in [0.29, 0.717) is 0 Å². The highest BCUT2D eigenvalue weighted by Crippen LogP contribution is 2.23. The molecular formula is C19H17FN2O. The molecule has 0 heterocycles. The molecule has 2 amide bonds. The van der Waals surface area contributed by atoms with E-state index in [-0.39, 0.29) is 17.9 Å². The fourth-order valence-electron chi connectivity index (χ4n) is 2.52. The summed E-state index contributed by atoms with van der Waals surface area (Å²) in [5.74, 6) is -0.291. The second-order valence-electron chi connectivity index (χ2n) is 5.40. The van der Waals surface area contributed by atoms with Crippen LogP contribution in [0, 0.1) is 5.82 Å². The molecule has 0 saturated heterocycles. The Morgan fingerprint density at radius 2 is 1.65 bits per heavy atom. The second kappa shape index (κ2) is 6.48. The lowest BCUT2D eigenvalue weighted by Crippen LogP contribution is -2.31. The molecule has 3 rings (SSSR count). The molecule has 0 bridgehead atoms. The Kier molecular flexibility index (Phi) is 4.24. The molecule has 0 spiro atoms. The number of rotatable bonds is 3. The first-order chi connectivity index (χ1) is 11.1. The summed E-state index contributed by atoms with van der Waals surface area (Å²) >= 11 is 0. The van der Waals surface area contributed by atoms with Crippen LogP contribution in [0.1, 0.15) is 18.5 Å². The summed E-state index contributed by atoms with van der Waals surface area (Å²) in [6.07, 6.45) is 0. The van der Waals surface area contributed by atoms with Crippen LogP contribution in [0.5, 0.6) is 0 Å². The quantitative estimate of drug-likeness (QED) is 0.712. The summed E-state index contributed by atoms with van der Waals surface area (Å²) in [5, 5.41) is 7.78. The van der Waals surface area contributed by atoms with Crippen LogP contribution < -0.4 is 10.6 Å². The van der Waals surface area contributed by atoms with Gasteiger partial charge in [0, 0.05) is 5.39 Å². The third-order valence-corrected chi connectivity index (χ3v) is 3.76. The van der Waals surface area contributed by atoms with Crippen LogP contribution in [0.15, 0.2) is 66.7 Å². The highest BCUT2D eigenvalue weighted by molar-refractivity contribution is 6.01. The van der Waals surface area contributed by atoms with E-state index in [2.05, 4.69) is 10.6 Å². The molecule has 0 saturated carbocycles. The molecule has 3 aromatic carbocycles. The number of hydrogen-bond acceptors (Lipinski definition) is 1. The summed E-state index contributed by atoms with van der Waals surface area (Å²) in [5.41, 5.74) is 1.60. The molecule has 4 heteroatoms. The normalized spacial score (nSPS) is 11.9. The molecule has 0 radical (unpaired) electrons. The van der Waals surface area contributed by atoms with Crippen molar-refractivity contribution in [3.05, 3.63) is 78.1 Å². The lowest BCUT2D eigenvalue weighted by atomic mass is 10.1. The van der Waals surface area contributed by atoms with Crippen molar-refractivity contribution in [1.29, 1.82) is 0 Å². The van der Waals surface area contributed by atoms with Crippen LogP contribution in [0.2, 0.25) is 0 Å². The maximum atomic E-state index is 12.9. The molecule has 0 aliphatic heterocycles. The molecule has 1 atom stereocenters. The van der Waals surface area contributed by atoms with Crippen molar-refractivity contribution >= 4 is 22.5 Å². The summed E-state index contributed by atoms with van der Waals surface area (Å²) < 4.78 is 12.9. The standard InChI is InChI=1S/C19H17FN2O/c1-13(14-9-11-16(20)12-10-14)21-19(23)22-18-8-4-6-15-5-2-3-7-17(15)18/h2-13H,1H3,(H2,21,22,23)/t13-/m1/s1. The van der Waals surface area contributed by atoms with Gasteiger partial charge in [0.25, 0.3) is 0 Å². The number of benzene rings is 3. The van der Waals surface area contributed by atoms with Crippen molar-refractivity contribution in [1.82, 2.24) is 5.32 Å². The molecule has 3 nitrogen and oxygen atoms in total. The fourth-order valence-corrected chi connectivity index (χ4v) is 2.52. The van der Waals surface area contributed by atoms with E-state index in [1.54, 1.807) is 12.1 Å². The van der Waals surface area contributed by atoms with Crippen LogP contribution >= 0.6 is 0 Å².